The maximum absolute atomic E-state index is 12.8. The molecule has 2 heteroatoms. The summed E-state index contributed by atoms with van der Waals surface area (Å²) in [6, 6.07) is 6.71. The zero-order chi connectivity index (χ0) is 12.7. The standard InChI is InChI=1S/C15H22FN/c1-4-10-17-12-15(3,5-2)11-13-6-8-14(16)9-7-13/h5-9,17H,2,4,10-12H2,1,3H3. The van der Waals surface area contributed by atoms with Crippen LogP contribution in [-0.2, 0) is 6.42 Å². The molecule has 0 aliphatic carbocycles. The molecular weight excluding hydrogens is 213 g/mol. The Hall–Kier alpha value is -1.15. The van der Waals surface area contributed by atoms with Crippen molar-refractivity contribution in [1.29, 1.82) is 0 Å². The van der Waals surface area contributed by atoms with Gasteiger partial charge in [-0.1, -0.05) is 32.1 Å². The van der Waals surface area contributed by atoms with Crippen LogP contribution in [0.1, 0.15) is 25.8 Å². The lowest BCUT2D eigenvalue weighted by Gasteiger charge is -2.26. The van der Waals surface area contributed by atoms with Crippen molar-refractivity contribution in [3.8, 4) is 0 Å². The monoisotopic (exact) mass is 235 g/mol. The van der Waals surface area contributed by atoms with Crippen molar-refractivity contribution in [3.05, 3.63) is 48.3 Å². The lowest BCUT2D eigenvalue weighted by molar-refractivity contribution is 0.391. The third kappa shape index (κ3) is 4.70. The van der Waals surface area contributed by atoms with Gasteiger partial charge in [0.15, 0.2) is 0 Å². The summed E-state index contributed by atoms with van der Waals surface area (Å²) >= 11 is 0. The minimum absolute atomic E-state index is 0.0208. The van der Waals surface area contributed by atoms with Gasteiger partial charge in [-0.05, 0) is 37.1 Å². The first-order chi connectivity index (χ1) is 8.09. The van der Waals surface area contributed by atoms with Crippen LogP contribution in [0.15, 0.2) is 36.9 Å². The Balaban J connectivity index is 2.61. The number of rotatable bonds is 7. The summed E-state index contributed by atoms with van der Waals surface area (Å²) in [6.45, 7) is 10.2. The van der Waals surface area contributed by atoms with Gasteiger partial charge in [-0.2, -0.15) is 0 Å². The number of nitrogens with one attached hydrogen (secondary N) is 1. The normalized spacial score (nSPS) is 14.3. The third-order valence-corrected chi connectivity index (χ3v) is 2.97. The highest BCUT2D eigenvalue weighted by Gasteiger charge is 2.20. The second kappa shape index (κ2) is 6.55. The second-order valence-electron chi connectivity index (χ2n) is 4.84. The van der Waals surface area contributed by atoms with Crippen molar-refractivity contribution >= 4 is 0 Å². The molecule has 1 atom stereocenters. The van der Waals surface area contributed by atoms with E-state index >= 15 is 0 Å². The van der Waals surface area contributed by atoms with Crippen molar-refractivity contribution in [2.45, 2.75) is 26.7 Å². The predicted molar refractivity (Wildman–Crippen MR) is 71.6 cm³/mol. The van der Waals surface area contributed by atoms with E-state index in [4.69, 9.17) is 0 Å². The Morgan fingerprint density at radius 1 is 1.35 bits per heavy atom. The first kappa shape index (κ1) is 13.9. The van der Waals surface area contributed by atoms with Crippen LogP contribution >= 0.6 is 0 Å². The summed E-state index contributed by atoms with van der Waals surface area (Å²) in [4.78, 5) is 0. The van der Waals surface area contributed by atoms with Crippen molar-refractivity contribution in [1.82, 2.24) is 5.32 Å². The highest BCUT2D eigenvalue weighted by atomic mass is 19.1. The molecule has 0 fully saturated rings. The SMILES string of the molecule is C=CC(C)(CNCCC)Cc1ccc(F)cc1. The van der Waals surface area contributed by atoms with E-state index < -0.39 is 0 Å². The van der Waals surface area contributed by atoms with E-state index in [1.165, 1.54) is 12.1 Å². The summed E-state index contributed by atoms with van der Waals surface area (Å²) in [5.74, 6) is -0.182. The number of benzene rings is 1. The average Bonchev–Trinajstić information content (AvgIpc) is 2.33. The molecule has 0 aliphatic rings. The largest absolute Gasteiger partial charge is 0.316 e. The molecule has 0 bridgehead atoms. The molecule has 1 N–H and O–H groups in total. The van der Waals surface area contributed by atoms with E-state index in [2.05, 4.69) is 25.7 Å². The first-order valence-corrected chi connectivity index (χ1v) is 6.18. The maximum Gasteiger partial charge on any atom is 0.123 e. The number of hydrogen-bond donors (Lipinski definition) is 1. The summed E-state index contributed by atoms with van der Waals surface area (Å²) in [7, 11) is 0. The molecule has 1 aromatic carbocycles. The van der Waals surface area contributed by atoms with Crippen LogP contribution in [0.2, 0.25) is 0 Å². The summed E-state index contributed by atoms with van der Waals surface area (Å²) in [5.41, 5.74) is 1.17. The fourth-order valence-corrected chi connectivity index (χ4v) is 1.83. The molecule has 1 aromatic rings. The van der Waals surface area contributed by atoms with E-state index in [1.807, 2.05) is 18.2 Å². The molecule has 0 amide bonds. The Labute approximate surface area is 104 Å². The van der Waals surface area contributed by atoms with Crippen molar-refractivity contribution in [2.24, 2.45) is 5.41 Å². The quantitative estimate of drug-likeness (QED) is 0.563. The molecule has 94 valence electrons. The van der Waals surface area contributed by atoms with E-state index in [0.717, 1.165) is 31.5 Å². The zero-order valence-corrected chi connectivity index (χ0v) is 10.8. The molecule has 0 heterocycles. The molecule has 0 aromatic heterocycles. The molecule has 0 aliphatic heterocycles. The third-order valence-electron chi connectivity index (χ3n) is 2.97. The van der Waals surface area contributed by atoms with Crippen LogP contribution < -0.4 is 5.32 Å². The average molecular weight is 235 g/mol. The highest BCUT2D eigenvalue weighted by Crippen LogP contribution is 2.23. The van der Waals surface area contributed by atoms with Crippen molar-refractivity contribution in [2.75, 3.05) is 13.1 Å². The lowest BCUT2D eigenvalue weighted by Crippen LogP contribution is -2.32. The van der Waals surface area contributed by atoms with E-state index in [9.17, 15) is 4.39 Å². The van der Waals surface area contributed by atoms with Gasteiger partial charge in [0, 0.05) is 12.0 Å². The Morgan fingerprint density at radius 3 is 2.53 bits per heavy atom. The van der Waals surface area contributed by atoms with Gasteiger partial charge >= 0.3 is 0 Å². The number of halogens is 1. The Bertz CT molecular complexity index is 344. The molecule has 1 nitrogen and oxygen atoms in total. The number of hydrogen-bond acceptors (Lipinski definition) is 1. The van der Waals surface area contributed by atoms with Gasteiger partial charge in [-0.15, -0.1) is 6.58 Å². The van der Waals surface area contributed by atoms with E-state index in [1.54, 1.807) is 0 Å². The van der Waals surface area contributed by atoms with Crippen LogP contribution in [0.4, 0.5) is 4.39 Å². The van der Waals surface area contributed by atoms with Gasteiger partial charge in [0.25, 0.3) is 0 Å². The lowest BCUT2D eigenvalue weighted by atomic mass is 9.83. The molecule has 0 saturated carbocycles. The fourth-order valence-electron chi connectivity index (χ4n) is 1.83. The molecule has 1 rings (SSSR count). The molecule has 17 heavy (non-hydrogen) atoms. The molecule has 0 radical (unpaired) electrons. The Morgan fingerprint density at radius 2 is 2.00 bits per heavy atom. The molecular formula is C15H22FN. The molecule has 0 saturated heterocycles. The predicted octanol–water partition coefficient (Wildman–Crippen LogP) is 3.56. The van der Waals surface area contributed by atoms with Gasteiger partial charge in [-0.25, -0.2) is 4.39 Å². The smallest absolute Gasteiger partial charge is 0.123 e. The maximum atomic E-state index is 12.8. The van der Waals surface area contributed by atoms with Gasteiger partial charge in [0.1, 0.15) is 5.82 Å². The molecule has 1 unspecified atom stereocenters. The van der Waals surface area contributed by atoms with Gasteiger partial charge in [0.2, 0.25) is 0 Å². The van der Waals surface area contributed by atoms with Gasteiger partial charge in [-0.3, -0.25) is 0 Å². The summed E-state index contributed by atoms with van der Waals surface area (Å²) < 4.78 is 12.8. The van der Waals surface area contributed by atoms with E-state index in [0.29, 0.717) is 0 Å². The van der Waals surface area contributed by atoms with Crippen molar-refractivity contribution in [3.63, 3.8) is 0 Å². The first-order valence-electron chi connectivity index (χ1n) is 6.18. The molecule has 0 spiro atoms. The van der Waals surface area contributed by atoms with Crippen LogP contribution in [0, 0.1) is 11.2 Å². The van der Waals surface area contributed by atoms with Gasteiger partial charge in [0.05, 0.1) is 0 Å². The van der Waals surface area contributed by atoms with E-state index in [-0.39, 0.29) is 11.2 Å². The summed E-state index contributed by atoms with van der Waals surface area (Å²) in [6.07, 6.45) is 4.00. The van der Waals surface area contributed by atoms with Crippen LogP contribution in [0.25, 0.3) is 0 Å². The van der Waals surface area contributed by atoms with Crippen LogP contribution in [0.5, 0.6) is 0 Å². The second-order valence-corrected chi connectivity index (χ2v) is 4.84. The Kier molecular flexibility index (Phi) is 5.36. The fraction of sp³-hybridized carbons (Fsp3) is 0.467. The zero-order valence-electron chi connectivity index (χ0n) is 10.8. The minimum Gasteiger partial charge on any atom is -0.316 e. The van der Waals surface area contributed by atoms with Crippen LogP contribution in [-0.4, -0.2) is 13.1 Å². The van der Waals surface area contributed by atoms with Crippen LogP contribution in [0.3, 0.4) is 0 Å². The topological polar surface area (TPSA) is 12.0 Å². The van der Waals surface area contributed by atoms with Gasteiger partial charge < -0.3 is 5.32 Å². The summed E-state index contributed by atoms with van der Waals surface area (Å²) in [5, 5.41) is 3.41. The highest BCUT2D eigenvalue weighted by molar-refractivity contribution is 5.19. The minimum atomic E-state index is -0.182. The van der Waals surface area contributed by atoms with Crippen molar-refractivity contribution < 1.29 is 4.39 Å².